The van der Waals surface area contributed by atoms with Crippen LogP contribution < -0.4 is 10.1 Å². The summed E-state index contributed by atoms with van der Waals surface area (Å²) in [6, 6.07) is 14.4. The molecular weight excluding hydrogens is 274 g/mol. The van der Waals surface area contributed by atoms with E-state index in [1.165, 1.54) is 5.56 Å². The average Bonchev–Trinajstić information content (AvgIpc) is 3.22. The zero-order chi connectivity index (χ0) is 14.8. The van der Waals surface area contributed by atoms with Crippen LogP contribution in [0.1, 0.15) is 23.6 Å². The molecule has 2 aliphatic rings. The van der Waals surface area contributed by atoms with Crippen LogP contribution in [-0.4, -0.2) is 30.0 Å². The molecular formula is C18H19N3O. The van der Waals surface area contributed by atoms with E-state index in [2.05, 4.69) is 39.6 Å². The number of rotatable bonds is 4. The predicted molar refractivity (Wildman–Crippen MR) is 86.5 cm³/mol. The molecule has 0 bridgehead atoms. The standard InChI is InChI=1S/C18H19N3O/c1-2-7-16-13(5-1)11-17(22-16)14(12-18-20-9-10-21-18)15-6-3-4-8-19-15/h1-8,14,17H,9-12H2,(H,20,21). The number of nitrogens with one attached hydrogen (secondary N) is 1. The van der Waals surface area contributed by atoms with Crippen LogP contribution in [-0.2, 0) is 6.42 Å². The van der Waals surface area contributed by atoms with Crippen molar-refractivity contribution in [3.8, 4) is 5.75 Å². The van der Waals surface area contributed by atoms with Gasteiger partial charge in [-0.3, -0.25) is 9.98 Å². The van der Waals surface area contributed by atoms with Crippen molar-refractivity contribution in [2.24, 2.45) is 4.99 Å². The van der Waals surface area contributed by atoms with E-state index in [-0.39, 0.29) is 12.0 Å². The van der Waals surface area contributed by atoms with Crippen LogP contribution in [0.3, 0.4) is 0 Å². The fourth-order valence-corrected chi connectivity index (χ4v) is 3.25. The first-order valence-corrected chi connectivity index (χ1v) is 7.83. The van der Waals surface area contributed by atoms with Crippen LogP contribution >= 0.6 is 0 Å². The summed E-state index contributed by atoms with van der Waals surface area (Å²) in [6.07, 6.45) is 3.77. The van der Waals surface area contributed by atoms with E-state index in [9.17, 15) is 0 Å². The molecule has 1 aromatic heterocycles. The molecule has 3 heterocycles. The van der Waals surface area contributed by atoms with E-state index in [4.69, 9.17) is 4.74 Å². The number of nitrogens with zero attached hydrogens (tertiary/aromatic N) is 2. The Morgan fingerprint density at radius 2 is 2.09 bits per heavy atom. The minimum absolute atomic E-state index is 0.123. The van der Waals surface area contributed by atoms with E-state index in [0.717, 1.165) is 43.2 Å². The summed E-state index contributed by atoms with van der Waals surface area (Å²) in [6.45, 7) is 1.81. The van der Waals surface area contributed by atoms with Crippen molar-refractivity contribution in [1.29, 1.82) is 0 Å². The van der Waals surface area contributed by atoms with E-state index >= 15 is 0 Å². The van der Waals surface area contributed by atoms with Crippen LogP contribution in [0.2, 0.25) is 0 Å². The van der Waals surface area contributed by atoms with E-state index < -0.39 is 0 Å². The highest BCUT2D eigenvalue weighted by Crippen LogP contribution is 2.36. The Labute approximate surface area is 130 Å². The van der Waals surface area contributed by atoms with Crippen LogP contribution in [0, 0.1) is 0 Å². The maximum atomic E-state index is 6.21. The summed E-state index contributed by atoms with van der Waals surface area (Å²) in [5.41, 5.74) is 2.37. The molecule has 2 atom stereocenters. The molecule has 2 unspecified atom stereocenters. The van der Waals surface area contributed by atoms with E-state index in [1.807, 2.05) is 24.4 Å². The molecule has 112 valence electrons. The lowest BCUT2D eigenvalue weighted by Gasteiger charge is -2.23. The normalized spacial score (nSPS) is 20.7. The fraction of sp³-hybridized carbons (Fsp3) is 0.333. The summed E-state index contributed by atoms with van der Waals surface area (Å²) in [7, 11) is 0. The number of hydrogen-bond donors (Lipinski definition) is 1. The second-order valence-corrected chi connectivity index (χ2v) is 5.79. The second-order valence-electron chi connectivity index (χ2n) is 5.79. The number of ether oxygens (including phenoxy) is 1. The molecule has 22 heavy (non-hydrogen) atoms. The topological polar surface area (TPSA) is 46.5 Å². The molecule has 4 heteroatoms. The SMILES string of the molecule is c1ccc(C(CC2=NCCN2)C2Cc3ccccc3O2)nc1. The monoisotopic (exact) mass is 293 g/mol. The summed E-state index contributed by atoms with van der Waals surface area (Å²) in [5, 5.41) is 3.37. The zero-order valence-electron chi connectivity index (χ0n) is 12.4. The lowest BCUT2D eigenvalue weighted by molar-refractivity contribution is 0.197. The molecule has 2 aliphatic heterocycles. The van der Waals surface area contributed by atoms with E-state index in [1.54, 1.807) is 0 Å². The number of pyridine rings is 1. The summed E-state index contributed by atoms with van der Waals surface area (Å²) < 4.78 is 6.21. The Hall–Kier alpha value is -2.36. The maximum absolute atomic E-state index is 6.21. The van der Waals surface area contributed by atoms with Gasteiger partial charge >= 0.3 is 0 Å². The van der Waals surface area contributed by atoms with Crippen LogP contribution in [0.5, 0.6) is 5.75 Å². The molecule has 2 aromatic rings. The Kier molecular flexibility index (Phi) is 3.51. The minimum atomic E-state index is 0.123. The first kappa shape index (κ1) is 13.3. The van der Waals surface area contributed by atoms with Gasteiger partial charge in [-0.15, -0.1) is 0 Å². The molecule has 0 fully saturated rings. The number of aromatic nitrogens is 1. The van der Waals surface area contributed by atoms with E-state index in [0.29, 0.717) is 0 Å². The third-order valence-corrected chi connectivity index (χ3v) is 4.35. The molecule has 1 aromatic carbocycles. The molecule has 4 nitrogen and oxygen atoms in total. The number of fused-ring (bicyclic) bond motifs is 1. The number of aliphatic imine (C=N–C) groups is 1. The highest BCUT2D eigenvalue weighted by atomic mass is 16.5. The van der Waals surface area contributed by atoms with Gasteiger partial charge < -0.3 is 10.1 Å². The van der Waals surface area contributed by atoms with Gasteiger partial charge in [-0.25, -0.2) is 0 Å². The van der Waals surface area contributed by atoms with Gasteiger partial charge in [0.05, 0.1) is 12.4 Å². The number of amidine groups is 1. The molecule has 0 saturated carbocycles. The quantitative estimate of drug-likeness (QED) is 0.942. The first-order valence-electron chi connectivity index (χ1n) is 7.83. The van der Waals surface area contributed by atoms with Crippen molar-refractivity contribution in [2.75, 3.05) is 13.1 Å². The van der Waals surface area contributed by atoms with Gasteiger partial charge in [0.25, 0.3) is 0 Å². The van der Waals surface area contributed by atoms with Crippen LogP contribution in [0.25, 0.3) is 0 Å². The zero-order valence-corrected chi connectivity index (χ0v) is 12.4. The minimum Gasteiger partial charge on any atom is -0.489 e. The summed E-state index contributed by atoms with van der Waals surface area (Å²) in [5.74, 6) is 2.31. The lowest BCUT2D eigenvalue weighted by atomic mass is 9.91. The average molecular weight is 293 g/mol. The fourth-order valence-electron chi connectivity index (χ4n) is 3.25. The molecule has 0 saturated heterocycles. The lowest BCUT2D eigenvalue weighted by Crippen LogP contribution is -2.30. The van der Waals surface area contributed by atoms with Gasteiger partial charge in [0.15, 0.2) is 0 Å². The van der Waals surface area contributed by atoms with Crippen LogP contribution in [0.15, 0.2) is 53.7 Å². The Morgan fingerprint density at radius 3 is 2.86 bits per heavy atom. The van der Waals surface area contributed by atoms with Gasteiger partial charge in [-0.1, -0.05) is 24.3 Å². The third kappa shape index (κ3) is 2.56. The Balaban J connectivity index is 1.61. The highest BCUT2D eigenvalue weighted by molar-refractivity contribution is 5.84. The summed E-state index contributed by atoms with van der Waals surface area (Å²) in [4.78, 5) is 9.11. The maximum Gasteiger partial charge on any atom is 0.123 e. The first-order chi connectivity index (χ1) is 10.9. The largest absolute Gasteiger partial charge is 0.489 e. The van der Waals surface area contributed by atoms with Crippen molar-refractivity contribution < 1.29 is 4.74 Å². The van der Waals surface area contributed by atoms with Crippen molar-refractivity contribution in [2.45, 2.75) is 24.9 Å². The molecule has 4 rings (SSSR count). The van der Waals surface area contributed by atoms with Crippen molar-refractivity contribution in [1.82, 2.24) is 10.3 Å². The van der Waals surface area contributed by atoms with Crippen molar-refractivity contribution >= 4 is 5.84 Å². The molecule has 0 aliphatic carbocycles. The molecule has 0 radical (unpaired) electrons. The van der Waals surface area contributed by atoms with Crippen LogP contribution in [0.4, 0.5) is 0 Å². The predicted octanol–water partition coefficient (Wildman–Crippen LogP) is 2.56. The number of para-hydroxylation sites is 1. The molecule has 1 N–H and O–H groups in total. The number of hydrogen-bond acceptors (Lipinski definition) is 4. The summed E-state index contributed by atoms with van der Waals surface area (Å²) >= 11 is 0. The number of benzene rings is 1. The third-order valence-electron chi connectivity index (χ3n) is 4.35. The van der Waals surface area contributed by atoms with Gasteiger partial charge in [0, 0.05) is 37.2 Å². The molecule has 0 spiro atoms. The van der Waals surface area contributed by atoms with Gasteiger partial charge in [0.2, 0.25) is 0 Å². The van der Waals surface area contributed by atoms with Gasteiger partial charge in [-0.2, -0.15) is 0 Å². The van der Waals surface area contributed by atoms with Crippen molar-refractivity contribution in [3.05, 3.63) is 59.9 Å². The molecule has 0 amide bonds. The van der Waals surface area contributed by atoms with Crippen molar-refractivity contribution in [3.63, 3.8) is 0 Å². The van der Waals surface area contributed by atoms with Gasteiger partial charge in [-0.05, 0) is 23.8 Å². The Bertz CT molecular complexity index is 659. The Morgan fingerprint density at radius 1 is 1.18 bits per heavy atom. The second kappa shape index (κ2) is 5.79. The van der Waals surface area contributed by atoms with Gasteiger partial charge in [0.1, 0.15) is 11.9 Å². The highest BCUT2D eigenvalue weighted by Gasteiger charge is 2.33. The smallest absolute Gasteiger partial charge is 0.123 e.